The van der Waals surface area contributed by atoms with E-state index in [4.69, 9.17) is 15.0 Å². The summed E-state index contributed by atoms with van der Waals surface area (Å²) >= 11 is 1.33. The summed E-state index contributed by atoms with van der Waals surface area (Å²) in [6.07, 6.45) is -5.08. The number of aliphatic carboxylic acids is 1. The average molecular weight is 433 g/mol. The largest absolute Gasteiger partial charge is 0.490 e. The summed E-state index contributed by atoms with van der Waals surface area (Å²) < 4.78 is 31.7. The molecule has 0 saturated carbocycles. The summed E-state index contributed by atoms with van der Waals surface area (Å²) in [5, 5.41) is 26.4. The Bertz CT molecular complexity index is 853. The Morgan fingerprint density at radius 2 is 1.79 bits per heavy atom. The van der Waals surface area contributed by atoms with Crippen molar-refractivity contribution in [1.29, 1.82) is 0 Å². The summed E-state index contributed by atoms with van der Waals surface area (Å²) in [6, 6.07) is 8.10. The van der Waals surface area contributed by atoms with Crippen molar-refractivity contribution in [2.45, 2.75) is 16.1 Å². The summed E-state index contributed by atoms with van der Waals surface area (Å²) in [5.41, 5.74) is 1.11. The van der Waals surface area contributed by atoms with Gasteiger partial charge in [-0.05, 0) is 25.2 Å². The highest BCUT2D eigenvalue weighted by molar-refractivity contribution is 7.99. The number of H-pyrrole nitrogens is 1. The fourth-order valence-electron chi connectivity index (χ4n) is 2.36. The van der Waals surface area contributed by atoms with Crippen LogP contribution in [0.1, 0.15) is 10.5 Å². The maximum absolute atomic E-state index is 11.1. The number of aromatic nitrogens is 3. The molecule has 2 heterocycles. The highest BCUT2D eigenvalue weighted by atomic mass is 32.2. The normalized spacial score (nSPS) is 14.8. The molecule has 3 rings (SSSR count). The third kappa shape index (κ3) is 6.64. The zero-order valence-corrected chi connectivity index (χ0v) is 16.0. The number of halogens is 3. The van der Waals surface area contributed by atoms with Crippen LogP contribution in [0.15, 0.2) is 34.2 Å². The number of carbonyl (C=O) groups is 2. The number of hydrogen-bond donors (Lipinski definition) is 3. The van der Waals surface area contributed by atoms with Crippen LogP contribution >= 0.6 is 11.8 Å². The third-order valence-corrected chi connectivity index (χ3v) is 4.85. The number of alkyl halides is 3. The van der Waals surface area contributed by atoms with Crippen molar-refractivity contribution in [3.05, 3.63) is 30.0 Å². The highest BCUT2D eigenvalue weighted by Crippen LogP contribution is 2.30. The Labute approximate surface area is 167 Å². The Morgan fingerprint density at radius 1 is 1.17 bits per heavy atom. The van der Waals surface area contributed by atoms with Gasteiger partial charge in [-0.25, -0.2) is 9.59 Å². The van der Waals surface area contributed by atoms with Gasteiger partial charge in [-0.15, -0.1) is 5.10 Å². The Morgan fingerprint density at radius 3 is 2.34 bits per heavy atom. The number of piperazine rings is 1. The van der Waals surface area contributed by atoms with Crippen LogP contribution in [0, 0.1) is 0 Å². The number of benzene rings is 1. The number of carboxylic acids is 2. The molecule has 0 amide bonds. The molecule has 2 aromatic rings. The first-order valence-corrected chi connectivity index (χ1v) is 9.05. The Hall–Kier alpha value is -2.80. The number of rotatable bonds is 4. The standard InChI is InChI=1S/C14H17N5O2S.C2HF3O2/c1-18-5-7-19(8-6-18)10-3-2-4-11(9-10)22-13-12(14(20)21)15-17-16-13;3-2(4,5)1(6)7/h2-4,9H,5-8H2,1H3,(H,20,21)(H,15,16,17);(H,6,7). The molecule has 0 aliphatic carbocycles. The van der Waals surface area contributed by atoms with Crippen LogP contribution < -0.4 is 4.90 Å². The summed E-state index contributed by atoms with van der Waals surface area (Å²) in [6.45, 7) is 4.09. The van der Waals surface area contributed by atoms with Gasteiger partial charge in [-0.3, -0.25) is 5.10 Å². The van der Waals surface area contributed by atoms with E-state index in [0.29, 0.717) is 5.03 Å². The summed E-state index contributed by atoms with van der Waals surface area (Å²) in [7, 11) is 2.13. The predicted octanol–water partition coefficient (Wildman–Crippen LogP) is 2.04. The summed E-state index contributed by atoms with van der Waals surface area (Å²) in [4.78, 5) is 25.6. The van der Waals surface area contributed by atoms with Gasteiger partial charge < -0.3 is 20.0 Å². The van der Waals surface area contributed by atoms with Gasteiger partial charge in [0.1, 0.15) is 5.03 Å². The van der Waals surface area contributed by atoms with Crippen molar-refractivity contribution in [2.24, 2.45) is 0 Å². The quantitative estimate of drug-likeness (QED) is 0.665. The molecule has 9 nitrogen and oxygen atoms in total. The number of likely N-dealkylation sites (N-methyl/N-ethyl adjacent to an activating group) is 1. The maximum atomic E-state index is 11.1. The molecular formula is C16H18F3N5O4S. The fraction of sp³-hybridized carbons (Fsp3) is 0.375. The van der Waals surface area contributed by atoms with E-state index < -0.39 is 18.1 Å². The zero-order valence-electron chi connectivity index (χ0n) is 15.2. The van der Waals surface area contributed by atoms with Crippen LogP contribution in [0.4, 0.5) is 18.9 Å². The minimum Gasteiger partial charge on any atom is -0.476 e. The topological polar surface area (TPSA) is 123 Å². The van der Waals surface area contributed by atoms with Gasteiger partial charge in [0.15, 0.2) is 0 Å². The molecule has 0 atom stereocenters. The first-order chi connectivity index (χ1) is 13.6. The van der Waals surface area contributed by atoms with Gasteiger partial charge >= 0.3 is 18.1 Å². The van der Waals surface area contributed by atoms with Gasteiger partial charge in [-0.2, -0.15) is 13.2 Å². The number of anilines is 1. The molecule has 0 radical (unpaired) electrons. The lowest BCUT2D eigenvalue weighted by Crippen LogP contribution is -2.44. The molecule has 1 aromatic heterocycles. The van der Waals surface area contributed by atoms with E-state index in [-0.39, 0.29) is 5.69 Å². The second-order valence-electron chi connectivity index (χ2n) is 5.99. The molecule has 158 valence electrons. The molecule has 1 aromatic carbocycles. The third-order valence-electron chi connectivity index (χ3n) is 3.87. The summed E-state index contributed by atoms with van der Waals surface area (Å²) in [5.74, 6) is -3.83. The molecular weight excluding hydrogens is 415 g/mol. The monoisotopic (exact) mass is 433 g/mol. The molecule has 1 fully saturated rings. The number of nitrogens with one attached hydrogen (secondary N) is 1. The second-order valence-corrected chi connectivity index (χ2v) is 7.07. The maximum Gasteiger partial charge on any atom is 0.490 e. The van der Waals surface area contributed by atoms with E-state index >= 15 is 0 Å². The lowest BCUT2D eigenvalue weighted by atomic mass is 10.2. The fourth-order valence-corrected chi connectivity index (χ4v) is 3.23. The van der Waals surface area contributed by atoms with Crippen LogP contribution in [-0.2, 0) is 4.79 Å². The van der Waals surface area contributed by atoms with Gasteiger partial charge in [0, 0.05) is 36.8 Å². The number of aromatic amines is 1. The SMILES string of the molecule is CN1CCN(c2cccc(Sc3[nH]nnc3C(=O)O)c2)CC1.O=C(O)C(F)(F)F. The van der Waals surface area contributed by atoms with Gasteiger partial charge in [0.05, 0.1) is 0 Å². The number of hydrogen-bond acceptors (Lipinski definition) is 7. The van der Waals surface area contributed by atoms with Crippen molar-refractivity contribution >= 4 is 29.4 Å². The first-order valence-electron chi connectivity index (χ1n) is 8.23. The van der Waals surface area contributed by atoms with Crippen molar-refractivity contribution in [3.8, 4) is 0 Å². The van der Waals surface area contributed by atoms with Crippen molar-refractivity contribution in [2.75, 3.05) is 38.1 Å². The molecule has 1 saturated heterocycles. The number of nitrogens with zero attached hydrogens (tertiary/aromatic N) is 4. The zero-order chi connectivity index (χ0) is 21.6. The van der Waals surface area contributed by atoms with Crippen LogP contribution in [0.25, 0.3) is 0 Å². The van der Waals surface area contributed by atoms with E-state index in [1.54, 1.807) is 0 Å². The Kier molecular flexibility index (Phi) is 7.45. The second kappa shape index (κ2) is 9.60. The van der Waals surface area contributed by atoms with Crippen LogP contribution in [-0.4, -0.2) is 81.9 Å². The molecule has 3 N–H and O–H groups in total. The Balaban J connectivity index is 0.000000370. The predicted molar refractivity (Wildman–Crippen MR) is 97.3 cm³/mol. The van der Waals surface area contributed by atoms with Crippen molar-refractivity contribution in [3.63, 3.8) is 0 Å². The van der Waals surface area contributed by atoms with E-state index in [9.17, 15) is 18.0 Å². The van der Waals surface area contributed by atoms with E-state index in [1.165, 1.54) is 11.8 Å². The number of aromatic carboxylic acids is 1. The van der Waals surface area contributed by atoms with Gasteiger partial charge in [0.25, 0.3) is 0 Å². The van der Waals surface area contributed by atoms with Crippen molar-refractivity contribution in [1.82, 2.24) is 20.3 Å². The van der Waals surface area contributed by atoms with Gasteiger partial charge in [0.2, 0.25) is 5.69 Å². The number of carboxylic acid groups (broad SMARTS) is 2. The van der Waals surface area contributed by atoms with Gasteiger partial charge in [-0.1, -0.05) is 23.0 Å². The average Bonchev–Trinajstić information content (AvgIpc) is 3.11. The molecule has 1 aliphatic heterocycles. The first kappa shape index (κ1) is 22.5. The van der Waals surface area contributed by atoms with Crippen LogP contribution in [0.3, 0.4) is 0 Å². The highest BCUT2D eigenvalue weighted by Gasteiger charge is 2.38. The molecule has 0 unspecified atom stereocenters. The molecule has 0 spiro atoms. The smallest absolute Gasteiger partial charge is 0.476 e. The lowest BCUT2D eigenvalue weighted by Gasteiger charge is -2.34. The minimum absolute atomic E-state index is 0.0463. The van der Waals surface area contributed by atoms with E-state index in [0.717, 1.165) is 36.8 Å². The molecule has 0 bridgehead atoms. The molecule has 1 aliphatic rings. The lowest BCUT2D eigenvalue weighted by molar-refractivity contribution is -0.192. The van der Waals surface area contributed by atoms with Crippen LogP contribution in [0.2, 0.25) is 0 Å². The van der Waals surface area contributed by atoms with E-state index in [1.807, 2.05) is 12.1 Å². The minimum atomic E-state index is -5.08. The molecule has 29 heavy (non-hydrogen) atoms. The van der Waals surface area contributed by atoms with E-state index in [2.05, 4.69) is 44.4 Å². The molecule has 13 heteroatoms. The van der Waals surface area contributed by atoms with Crippen LogP contribution in [0.5, 0.6) is 0 Å². The van der Waals surface area contributed by atoms with Crippen molar-refractivity contribution < 1.29 is 33.0 Å².